The monoisotopic (exact) mass is 678 g/mol. The summed E-state index contributed by atoms with van der Waals surface area (Å²) in [6.45, 7) is 4.03. The molecule has 0 bridgehead atoms. The number of aliphatic hydroxyl groups excluding tert-OH is 1. The molecule has 0 aliphatic carbocycles. The summed E-state index contributed by atoms with van der Waals surface area (Å²) < 4.78 is 28.0. The first-order chi connectivity index (χ1) is 22.5. The summed E-state index contributed by atoms with van der Waals surface area (Å²) in [6.07, 6.45) is 5.85. The quantitative estimate of drug-likeness (QED) is 0.185. The molecular formula is C34H42N6O5S2. The number of rotatable bonds is 14. The van der Waals surface area contributed by atoms with E-state index in [4.69, 9.17) is 0 Å². The van der Waals surface area contributed by atoms with Crippen LogP contribution in [0.3, 0.4) is 0 Å². The molecule has 3 heterocycles. The molecular weight excluding hydrogens is 637 g/mol. The molecule has 3 N–H and O–H groups in total. The Morgan fingerprint density at radius 3 is 2.55 bits per heavy atom. The average Bonchev–Trinajstić information content (AvgIpc) is 3.86. The van der Waals surface area contributed by atoms with Crippen molar-refractivity contribution in [3.05, 3.63) is 106 Å². The third-order valence-corrected chi connectivity index (χ3v) is 10.6. The lowest BCUT2D eigenvalue weighted by atomic mass is 10.00. The summed E-state index contributed by atoms with van der Waals surface area (Å²) in [4.78, 5) is 30.7. The van der Waals surface area contributed by atoms with Crippen LogP contribution in [0.4, 0.5) is 5.69 Å². The van der Waals surface area contributed by atoms with Crippen molar-refractivity contribution < 1.29 is 23.1 Å². The number of hydrogen-bond acceptors (Lipinski definition) is 8. The molecule has 2 amide bonds. The van der Waals surface area contributed by atoms with E-state index in [1.807, 2.05) is 65.6 Å². The van der Waals surface area contributed by atoms with Crippen molar-refractivity contribution in [3.8, 4) is 0 Å². The van der Waals surface area contributed by atoms with Crippen molar-refractivity contribution in [3.63, 3.8) is 0 Å². The van der Waals surface area contributed by atoms with E-state index < -0.39 is 28.1 Å². The Hall–Kier alpha value is -4.04. The minimum atomic E-state index is -3.69. The highest BCUT2D eigenvalue weighted by atomic mass is 32.2. The van der Waals surface area contributed by atoms with Crippen molar-refractivity contribution in [1.82, 2.24) is 25.3 Å². The van der Waals surface area contributed by atoms with Crippen molar-refractivity contribution in [1.29, 1.82) is 0 Å². The molecule has 5 rings (SSSR count). The van der Waals surface area contributed by atoms with Crippen molar-refractivity contribution in [2.75, 3.05) is 30.7 Å². The summed E-state index contributed by atoms with van der Waals surface area (Å²) in [5.74, 6) is -0.793. The second-order valence-corrected chi connectivity index (χ2v) is 14.8. The Morgan fingerprint density at radius 2 is 1.87 bits per heavy atom. The number of sulfonamides is 1. The number of benzene rings is 2. The van der Waals surface area contributed by atoms with Gasteiger partial charge in [0.15, 0.2) is 0 Å². The van der Waals surface area contributed by atoms with Gasteiger partial charge in [0.2, 0.25) is 10.0 Å². The number of aromatic nitrogens is 2. The number of aliphatic hydroxyl groups is 1. The van der Waals surface area contributed by atoms with Crippen molar-refractivity contribution in [2.24, 2.45) is 0 Å². The van der Waals surface area contributed by atoms with E-state index in [9.17, 15) is 23.1 Å². The first-order valence-corrected chi connectivity index (χ1v) is 18.4. The minimum Gasteiger partial charge on any atom is -0.390 e. The number of nitrogens with zero attached hydrogens (tertiary/aromatic N) is 4. The van der Waals surface area contributed by atoms with Crippen LogP contribution in [0.15, 0.2) is 78.4 Å². The smallest absolute Gasteiger partial charge is 0.254 e. The van der Waals surface area contributed by atoms with Gasteiger partial charge < -0.3 is 20.6 Å². The number of nitrogens with one attached hydrogen (secondary N) is 2. The molecule has 1 saturated heterocycles. The van der Waals surface area contributed by atoms with Crippen LogP contribution in [0.5, 0.6) is 0 Å². The molecule has 47 heavy (non-hydrogen) atoms. The standard InChI is InChI=1S/C34H42N6O5S2/c1-4-39-23-25(21-36-39)20-35-22-31(41)29(16-24-10-6-5-7-11-24)37-33(42)26-17-27(19-28(18-26)38(2)47(3,44)45)34(43)40-14-8-12-30(40)32-13-9-15-46-32/h5-7,9-11,13,15,17-19,21,23,29-31,35,41H,4,8,12,14,16,20,22H2,1-3H3,(H,37,42). The van der Waals surface area contributed by atoms with E-state index in [0.717, 1.165) is 46.0 Å². The van der Waals surface area contributed by atoms with Crippen LogP contribution < -0.4 is 14.9 Å². The van der Waals surface area contributed by atoms with Gasteiger partial charge in [0.1, 0.15) is 0 Å². The molecule has 11 nitrogen and oxygen atoms in total. The summed E-state index contributed by atoms with van der Waals surface area (Å²) in [5, 5.41) is 23.8. The molecule has 0 spiro atoms. The summed E-state index contributed by atoms with van der Waals surface area (Å²) >= 11 is 1.59. The molecule has 3 unspecified atom stereocenters. The van der Waals surface area contributed by atoms with Gasteiger partial charge in [-0.15, -0.1) is 11.3 Å². The second kappa shape index (κ2) is 15.2. The number of carbonyl (C=O) groups excluding carboxylic acids is 2. The number of hydrogen-bond donors (Lipinski definition) is 3. The highest BCUT2D eigenvalue weighted by molar-refractivity contribution is 7.92. The van der Waals surface area contributed by atoms with E-state index in [0.29, 0.717) is 19.5 Å². The van der Waals surface area contributed by atoms with Gasteiger partial charge in [-0.05, 0) is 61.4 Å². The lowest BCUT2D eigenvalue weighted by molar-refractivity contribution is 0.0737. The van der Waals surface area contributed by atoms with Crippen molar-refractivity contribution in [2.45, 2.75) is 57.5 Å². The number of likely N-dealkylation sites (tertiary alicyclic amines) is 1. The molecule has 0 radical (unpaired) electrons. The summed E-state index contributed by atoms with van der Waals surface area (Å²) in [6, 6.07) is 17.2. The molecule has 13 heteroatoms. The summed E-state index contributed by atoms with van der Waals surface area (Å²) in [7, 11) is -2.30. The van der Waals surface area contributed by atoms with E-state index in [1.54, 1.807) is 22.4 Å². The number of anilines is 1. The molecule has 2 aromatic heterocycles. The normalized spacial score (nSPS) is 16.2. The van der Waals surface area contributed by atoms with Crippen molar-refractivity contribution >= 4 is 38.9 Å². The molecule has 0 saturated carbocycles. The van der Waals surface area contributed by atoms with E-state index in [-0.39, 0.29) is 35.3 Å². The topological polar surface area (TPSA) is 137 Å². The lowest BCUT2D eigenvalue weighted by Gasteiger charge is -2.27. The Kier molecular flexibility index (Phi) is 11.1. The molecule has 1 aliphatic heterocycles. The van der Waals surface area contributed by atoms with Crippen LogP contribution in [0.25, 0.3) is 0 Å². The largest absolute Gasteiger partial charge is 0.390 e. The van der Waals surface area contributed by atoms with E-state index in [2.05, 4.69) is 15.7 Å². The highest BCUT2D eigenvalue weighted by Crippen LogP contribution is 2.36. The van der Waals surface area contributed by atoms with Crippen LogP contribution in [-0.2, 0) is 29.5 Å². The fourth-order valence-corrected chi connectivity index (χ4v) is 7.13. The number of carbonyl (C=O) groups is 2. The van der Waals surface area contributed by atoms with E-state index in [1.165, 1.54) is 25.2 Å². The zero-order valence-electron chi connectivity index (χ0n) is 26.9. The van der Waals surface area contributed by atoms with Gasteiger partial charge in [-0.25, -0.2) is 8.42 Å². The van der Waals surface area contributed by atoms with Gasteiger partial charge in [0.05, 0.1) is 36.3 Å². The Balaban J connectivity index is 1.40. The van der Waals surface area contributed by atoms with Gasteiger partial charge in [-0.3, -0.25) is 18.6 Å². The number of amides is 2. The Bertz CT molecular complexity index is 1760. The Morgan fingerprint density at radius 1 is 1.11 bits per heavy atom. The maximum atomic E-state index is 14.0. The van der Waals surface area contributed by atoms with Gasteiger partial charge >= 0.3 is 0 Å². The van der Waals surface area contributed by atoms with E-state index >= 15 is 0 Å². The third-order valence-electron chi connectivity index (χ3n) is 8.45. The molecule has 2 aromatic carbocycles. The molecule has 250 valence electrons. The number of aryl methyl sites for hydroxylation is 1. The van der Waals surface area contributed by atoms with Crippen LogP contribution in [0.2, 0.25) is 0 Å². The fourth-order valence-electron chi connectivity index (χ4n) is 5.77. The number of thiophene rings is 1. The highest BCUT2D eigenvalue weighted by Gasteiger charge is 2.32. The first-order valence-electron chi connectivity index (χ1n) is 15.7. The van der Waals surface area contributed by atoms with Crippen LogP contribution in [0.1, 0.15) is 62.5 Å². The second-order valence-electron chi connectivity index (χ2n) is 11.8. The Labute approximate surface area is 280 Å². The van der Waals surface area contributed by atoms with Gasteiger partial charge in [0.25, 0.3) is 11.8 Å². The van der Waals surface area contributed by atoms with Gasteiger partial charge in [-0.2, -0.15) is 5.10 Å². The SMILES string of the molecule is CCn1cc(CNCC(O)C(Cc2ccccc2)NC(=O)c2cc(C(=O)N3CCCC3c3cccs3)cc(N(C)S(C)(=O)=O)c2)cn1. The molecule has 3 atom stereocenters. The summed E-state index contributed by atoms with van der Waals surface area (Å²) in [5.41, 5.74) is 2.45. The average molecular weight is 679 g/mol. The lowest BCUT2D eigenvalue weighted by Crippen LogP contribution is -2.48. The molecule has 1 aliphatic rings. The first kappa shape index (κ1) is 34.3. The predicted molar refractivity (Wildman–Crippen MR) is 184 cm³/mol. The van der Waals surface area contributed by atoms with Gasteiger partial charge in [-0.1, -0.05) is 36.4 Å². The zero-order chi connectivity index (χ0) is 33.6. The molecule has 4 aromatic rings. The maximum absolute atomic E-state index is 14.0. The minimum absolute atomic E-state index is 0.0784. The third kappa shape index (κ3) is 8.66. The van der Waals surface area contributed by atoms with Gasteiger partial charge in [0, 0.05) is 61.0 Å². The van der Waals surface area contributed by atoms with Crippen LogP contribution >= 0.6 is 11.3 Å². The zero-order valence-corrected chi connectivity index (χ0v) is 28.5. The molecule has 1 fully saturated rings. The van der Waals surface area contributed by atoms with Crippen LogP contribution in [0, 0.1) is 0 Å². The predicted octanol–water partition coefficient (Wildman–Crippen LogP) is 3.83. The van der Waals surface area contributed by atoms with Crippen LogP contribution in [-0.4, -0.2) is 78.6 Å². The fraction of sp³-hybridized carbons (Fsp3) is 0.382. The maximum Gasteiger partial charge on any atom is 0.254 e.